The summed E-state index contributed by atoms with van der Waals surface area (Å²) in [6.45, 7) is 4.16. The van der Waals surface area contributed by atoms with Gasteiger partial charge in [-0.15, -0.1) is 0 Å². The Labute approximate surface area is 117 Å². The van der Waals surface area contributed by atoms with E-state index in [0.29, 0.717) is 5.76 Å². The molecule has 0 bridgehead atoms. The molecule has 1 saturated heterocycles. The first-order chi connectivity index (χ1) is 9.83. The molecule has 1 amide bonds. The minimum absolute atomic E-state index is 0.0152. The van der Waals surface area contributed by atoms with E-state index in [2.05, 4.69) is 9.88 Å². The van der Waals surface area contributed by atoms with Crippen LogP contribution in [-0.2, 0) is 6.54 Å². The van der Waals surface area contributed by atoms with Crippen molar-refractivity contribution in [1.82, 2.24) is 14.8 Å². The van der Waals surface area contributed by atoms with Gasteiger partial charge in [0, 0.05) is 45.1 Å². The van der Waals surface area contributed by atoms with Gasteiger partial charge in [-0.3, -0.25) is 14.7 Å². The Bertz CT molecular complexity index is 546. The van der Waals surface area contributed by atoms with Crippen LogP contribution in [0.15, 0.2) is 47.3 Å². The van der Waals surface area contributed by atoms with Crippen molar-refractivity contribution in [1.29, 1.82) is 0 Å². The van der Waals surface area contributed by atoms with E-state index >= 15 is 0 Å². The summed E-state index contributed by atoms with van der Waals surface area (Å²) >= 11 is 0. The van der Waals surface area contributed by atoms with Gasteiger partial charge in [-0.25, -0.2) is 0 Å². The van der Waals surface area contributed by atoms with E-state index in [1.807, 2.05) is 29.4 Å². The molecule has 0 saturated carbocycles. The van der Waals surface area contributed by atoms with E-state index in [4.69, 9.17) is 4.42 Å². The third kappa shape index (κ3) is 2.88. The Morgan fingerprint density at radius 1 is 1.15 bits per heavy atom. The van der Waals surface area contributed by atoms with Crippen molar-refractivity contribution in [3.05, 3.63) is 54.2 Å². The molecular weight excluding hydrogens is 254 g/mol. The SMILES string of the molecule is O=C(c1ccco1)N1CCN(Cc2ccncc2)CC1. The van der Waals surface area contributed by atoms with Gasteiger partial charge in [0.2, 0.25) is 0 Å². The van der Waals surface area contributed by atoms with Gasteiger partial charge >= 0.3 is 0 Å². The first-order valence-electron chi connectivity index (χ1n) is 6.77. The fourth-order valence-electron chi connectivity index (χ4n) is 2.41. The third-order valence-electron chi connectivity index (χ3n) is 3.55. The lowest BCUT2D eigenvalue weighted by atomic mass is 10.2. The van der Waals surface area contributed by atoms with Crippen LogP contribution in [0.3, 0.4) is 0 Å². The van der Waals surface area contributed by atoms with Crippen molar-refractivity contribution in [3.63, 3.8) is 0 Å². The van der Waals surface area contributed by atoms with Crippen molar-refractivity contribution in [2.45, 2.75) is 6.54 Å². The number of carbonyl (C=O) groups is 1. The zero-order chi connectivity index (χ0) is 13.8. The number of nitrogens with zero attached hydrogens (tertiary/aromatic N) is 3. The maximum absolute atomic E-state index is 12.1. The highest BCUT2D eigenvalue weighted by Crippen LogP contribution is 2.11. The Kier molecular flexibility index (Phi) is 3.78. The molecule has 0 aliphatic carbocycles. The number of pyridine rings is 1. The predicted octanol–water partition coefficient (Wildman–Crippen LogP) is 1.63. The van der Waals surface area contributed by atoms with E-state index in [0.717, 1.165) is 32.7 Å². The Morgan fingerprint density at radius 2 is 1.90 bits per heavy atom. The van der Waals surface area contributed by atoms with Gasteiger partial charge in [0.1, 0.15) is 0 Å². The van der Waals surface area contributed by atoms with Crippen molar-refractivity contribution < 1.29 is 9.21 Å². The summed E-state index contributed by atoms with van der Waals surface area (Å²) in [5, 5.41) is 0. The number of hydrogen-bond donors (Lipinski definition) is 0. The van der Waals surface area contributed by atoms with Crippen molar-refractivity contribution >= 4 is 5.91 Å². The first kappa shape index (κ1) is 12.9. The summed E-state index contributed by atoms with van der Waals surface area (Å²) in [6, 6.07) is 7.51. The highest BCUT2D eigenvalue weighted by molar-refractivity contribution is 5.91. The van der Waals surface area contributed by atoms with Crippen molar-refractivity contribution in [2.75, 3.05) is 26.2 Å². The second-order valence-corrected chi connectivity index (χ2v) is 4.90. The quantitative estimate of drug-likeness (QED) is 0.851. The molecule has 3 rings (SSSR count). The van der Waals surface area contributed by atoms with Gasteiger partial charge in [-0.05, 0) is 29.8 Å². The fourth-order valence-corrected chi connectivity index (χ4v) is 2.41. The number of rotatable bonds is 3. The fraction of sp³-hybridized carbons (Fsp3) is 0.333. The lowest BCUT2D eigenvalue weighted by Crippen LogP contribution is -2.48. The molecular formula is C15H17N3O2. The minimum Gasteiger partial charge on any atom is -0.459 e. The molecule has 2 aromatic heterocycles. The number of furan rings is 1. The van der Waals surface area contributed by atoms with Gasteiger partial charge in [0.15, 0.2) is 5.76 Å². The van der Waals surface area contributed by atoms with Crippen LogP contribution < -0.4 is 0 Å². The van der Waals surface area contributed by atoms with Crippen LogP contribution >= 0.6 is 0 Å². The first-order valence-corrected chi connectivity index (χ1v) is 6.77. The van der Waals surface area contributed by atoms with Crippen LogP contribution in [0.5, 0.6) is 0 Å². The largest absolute Gasteiger partial charge is 0.459 e. The molecule has 1 aliphatic heterocycles. The third-order valence-corrected chi connectivity index (χ3v) is 3.55. The summed E-state index contributed by atoms with van der Waals surface area (Å²) in [5.74, 6) is 0.408. The molecule has 1 aliphatic rings. The molecule has 0 aromatic carbocycles. The van der Waals surface area contributed by atoms with E-state index in [-0.39, 0.29) is 5.91 Å². The number of carbonyl (C=O) groups excluding carboxylic acids is 1. The molecule has 0 N–H and O–H groups in total. The smallest absolute Gasteiger partial charge is 0.289 e. The van der Waals surface area contributed by atoms with Gasteiger partial charge < -0.3 is 9.32 Å². The maximum atomic E-state index is 12.1. The van der Waals surface area contributed by atoms with Gasteiger partial charge in [-0.2, -0.15) is 0 Å². The molecule has 0 radical (unpaired) electrons. The topological polar surface area (TPSA) is 49.6 Å². The standard InChI is InChI=1S/C15H17N3O2/c19-15(14-2-1-11-20-14)18-9-7-17(8-10-18)12-13-3-5-16-6-4-13/h1-6,11H,7-10,12H2. The highest BCUT2D eigenvalue weighted by Gasteiger charge is 2.23. The molecule has 0 atom stereocenters. The number of aromatic nitrogens is 1. The van der Waals surface area contributed by atoms with E-state index in [1.165, 1.54) is 11.8 Å². The molecule has 20 heavy (non-hydrogen) atoms. The van der Waals surface area contributed by atoms with E-state index in [9.17, 15) is 4.79 Å². The second kappa shape index (κ2) is 5.88. The minimum atomic E-state index is -0.0152. The lowest BCUT2D eigenvalue weighted by Gasteiger charge is -2.34. The summed E-state index contributed by atoms with van der Waals surface area (Å²) in [5.41, 5.74) is 1.26. The normalized spacial score (nSPS) is 16.3. The monoisotopic (exact) mass is 271 g/mol. The molecule has 0 unspecified atom stereocenters. The molecule has 5 heteroatoms. The summed E-state index contributed by atoms with van der Waals surface area (Å²) < 4.78 is 5.16. The summed E-state index contributed by atoms with van der Waals surface area (Å²) in [7, 11) is 0. The Hall–Kier alpha value is -2.14. The van der Waals surface area contributed by atoms with Crippen molar-refractivity contribution in [2.24, 2.45) is 0 Å². The van der Waals surface area contributed by atoms with E-state index < -0.39 is 0 Å². The summed E-state index contributed by atoms with van der Waals surface area (Å²) in [6.07, 6.45) is 5.16. The maximum Gasteiger partial charge on any atom is 0.289 e. The second-order valence-electron chi connectivity index (χ2n) is 4.90. The summed E-state index contributed by atoms with van der Waals surface area (Å²) in [4.78, 5) is 20.3. The average molecular weight is 271 g/mol. The zero-order valence-corrected chi connectivity index (χ0v) is 11.2. The molecule has 2 aromatic rings. The van der Waals surface area contributed by atoms with E-state index in [1.54, 1.807) is 12.1 Å². The predicted molar refractivity (Wildman–Crippen MR) is 74.1 cm³/mol. The van der Waals surface area contributed by atoms with Crippen molar-refractivity contribution in [3.8, 4) is 0 Å². The lowest BCUT2D eigenvalue weighted by molar-refractivity contribution is 0.0598. The van der Waals surface area contributed by atoms with Gasteiger partial charge in [0.25, 0.3) is 5.91 Å². The average Bonchev–Trinajstić information content (AvgIpc) is 3.03. The number of amides is 1. The number of hydrogen-bond acceptors (Lipinski definition) is 4. The molecule has 0 spiro atoms. The van der Waals surface area contributed by atoms with Crippen LogP contribution in [0.1, 0.15) is 16.1 Å². The number of piperazine rings is 1. The molecule has 1 fully saturated rings. The van der Waals surface area contributed by atoms with Crippen LogP contribution in [0.25, 0.3) is 0 Å². The highest BCUT2D eigenvalue weighted by atomic mass is 16.3. The van der Waals surface area contributed by atoms with Crippen LogP contribution in [0.4, 0.5) is 0 Å². The zero-order valence-electron chi connectivity index (χ0n) is 11.2. The van der Waals surface area contributed by atoms with Gasteiger partial charge in [0.05, 0.1) is 6.26 Å². The van der Waals surface area contributed by atoms with Crippen LogP contribution in [0.2, 0.25) is 0 Å². The van der Waals surface area contributed by atoms with Crippen LogP contribution in [0, 0.1) is 0 Å². The molecule has 3 heterocycles. The Morgan fingerprint density at radius 3 is 2.55 bits per heavy atom. The van der Waals surface area contributed by atoms with Gasteiger partial charge in [-0.1, -0.05) is 0 Å². The molecule has 5 nitrogen and oxygen atoms in total. The molecule has 104 valence electrons. The Balaban J connectivity index is 1.53. The van der Waals surface area contributed by atoms with Crippen LogP contribution in [-0.4, -0.2) is 46.9 Å².